The monoisotopic (exact) mass is 490 g/mol. The molecule has 0 unspecified atom stereocenters. The van der Waals surface area contributed by atoms with E-state index in [1.54, 1.807) is 36.4 Å². The van der Waals surface area contributed by atoms with Crippen LogP contribution in [-0.4, -0.2) is 49.8 Å². The number of sulfonamides is 1. The first-order chi connectivity index (χ1) is 15.3. The Morgan fingerprint density at radius 1 is 0.970 bits per heavy atom. The molecule has 0 aliphatic heterocycles. The summed E-state index contributed by atoms with van der Waals surface area (Å²) in [6, 6.07) is 11.2. The lowest BCUT2D eigenvalue weighted by atomic mass is 10.1. The summed E-state index contributed by atoms with van der Waals surface area (Å²) < 4.78 is 59.3. The van der Waals surface area contributed by atoms with Crippen molar-refractivity contribution in [3.8, 4) is 0 Å². The second-order valence-corrected chi connectivity index (χ2v) is 8.30. The van der Waals surface area contributed by atoms with Crippen molar-refractivity contribution in [2.24, 2.45) is 0 Å². The molecule has 0 amide bonds. The third-order valence-electron chi connectivity index (χ3n) is 4.47. The number of aromatic carboxylic acids is 1. The number of aryl methyl sites for hydroxylation is 1. The number of aliphatic carboxylic acids is 1. The first-order valence-corrected chi connectivity index (χ1v) is 11.3. The number of nitrogens with zero attached hydrogens (tertiary/aromatic N) is 1. The third kappa shape index (κ3) is 7.97. The lowest BCUT2D eigenvalue weighted by Gasteiger charge is -2.23. The number of carboxylic acids is 2. The van der Waals surface area contributed by atoms with Crippen LogP contribution < -0.4 is 9.62 Å². The maximum absolute atomic E-state index is 12.5. The summed E-state index contributed by atoms with van der Waals surface area (Å²) in [4.78, 5) is 22.6. The van der Waals surface area contributed by atoms with E-state index in [9.17, 15) is 31.5 Å². The van der Waals surface area contributed by atoms with Crippen molar-refractivity contribution in [3.63, 3.8) is 0 Å². The number of halogens is 3. The van der Waals surface area contributed by atoms with Gasteiger partial charge in [-0.15, -0.1) is 0 Å². The average Bonchev–Trinajstić information content (AvgIpc) is 2.74. The molecule has 2 aromatic carbocycles. The summed E-state index contributed by atoms with van der Waals surface area (Å²) in [5.74, 6) is -3.85. The maximum Gasteiger partial charge on any atom is 0.490 e. The third-order valence-corrected chi connectivity index (χ3v) is 5.86. The van der Waals surface area contributed by atoms with Crippen molar-refractivity contribution < 1.29 is 41.4 Å². The predicted octanol–water partition coefficient (Wildman–Crippen LogP) is 4.23. The van der Waals surface area contributed by atoms with Crippen LogP contribution in [0.4, 0.5) is 24.5 Å². The summed E-state index contributed by atoms with van der Waals surface area (Å²) in [5, 5.41) is 16.6. The van der Waals surface area contributed by atoms with Crippen LogP contribution in [0.25, 0.3) is 0 Å². The maximum atomic E-state index is 12.5. The second-order valence-electron chi connectivity index (χ2n) is 6.62. The topological polar surface area (TPSA) is 124 Å². The van der Waals surface area contributed by atoms with Crippen molar-refractivity contribution in [1.82, 2.24) is 0 Å². The Balaban J connectivity index is 0.000000675. The summed E-state index contributed by atoms with van der Waals surface area (Å²) >= 11 is 0. The summed E-state index contributed by atoms with van der Waals surface area (Å²) in [6.45, 7) is 7.18. The number of benzene rings is 2. The van der Waals surface area contributed by atoms with Gasteiger partial charge in [0.15, 0.2) is 0 Å². The largest absolute Gasteiger partial charge is 0.490 e. The van der Waals surface area contributed by atoms with Crippen molar-refractivity contribution in [1.29, 1.82) is 0 Å². The van der Waals surface area contributed by atoms with Crippen LogP contribution >= 0.6 is 0 Å². The molecule has 33 heavy (non-hydrogen) atoms. The van der Waals surface area contributed by atoms with E-state index in [-0.39, 0.29) is 16.1 Å². The number of anilines is 2. The molecule has 0 aliphatic rings. The molecule has 0 spiro atoms. The van der Waals surface area contributed by atoms with Crippen LogP contribution in [0, 0.1) is 0 Å². The molecular weight excluding hydrogens is 465 g/mol. The lowest BCUT2D eigenvalue weighted by molar-refractivity contribution is -0.192. The van der Waals surface area contributed by atoms with Crippen LogP contribution in [-0.2, 0) is 21.2 Å². The van der Waals surface area contributed by atoms with E-state index >= 15 is 0 Å². The van der Waals surface area contributed by atoms with E-state index in [0.29, 0.717) is 18.8 Å². The Morgan fingerprint density at radius 2 is 1.48 bits per heavy atom. The fourth-order valence-electron chi connectivity index (χ4n) is 2.73. The number of carbonyl (C=O) groups is 2. The lowest BCUT2D eigenvalue weighted by Crippen LogP contribution is -2.24. The highest BCUT2D eigenvalue weighted by atomic mass is 32.2. The van der Waals surface area contributed by atoms with E-state index in [2.05, 4.69) is 4.72 Å². The first-order valence-electron chi connectivity index (χ1n) is 9.80. The fourth-order valence-corrected chi connectivity index (χ4v) is 3.78. The van der Waals surface area contributed by atoms with Gasteiger partial charge in [-0.3, -0.25) is 4.72 Å². The molecule has 0 atom stereocenters. The van der Waals surface area contributed by atoms with E-state index in [0.717, 1.165) is 12.0 Å². The molecule has 0 saturated carbocycles. The van der Waals surface area contributed by atoms with Gasteiger partial charge >= 0.3 is 18.1 Å². The second kappa shape index (κ2) is 11.5. The van der Waals surface area contributed by atoms with Gasteiger partial charge in [0, 0.05) is 18.8 Å². The number of rotatable bonds is 8. The zero-order chi connectivity index (χ0) is 25.4. The molecule has 0 fully saturated rings. The standard InChI is InChI=1S/C19H24N2O4S.C2HF3O2/c1-4-14-7-10-16(11-8-14)26(24,25)20-15-9-12-18(21(5-2)6-3)17(13-15)19(22)23;3-2(4,5)1(6)7/h7-13,20H,4-6H2,1-3H3,(H,22,23);(H,6,7). The average molecular weight is 491 g/mol. The Hall–Kier alpha value is -3.28. The van der Waals surface area contributed by atoms with Gasteiger partial charge in [0.25, 0.3) is 10.0 Å². The summed E-state index contributed by atoms with van der Waals surface area (Å²) in [7, 11) is -3.78. The minimum Gasteiger partial charge on any atom is -0.478 e. The molecule has 0 aliphatic carbocycles. The van der Waals surface area contributed by atoms with E-state index in [1.807, 2.05) is 25.7 Å². The summed E-state index contributed by atoms with van der Waals surface area (Å²) in [6.07, 6.45) is -4.26. The van der Waals surface area contributed by atoms with Crippen LogP contribution in [0.15, 0.2) is 47.4 Å². The van der Waals surface area contributed by atoms with Crippen molar-refractivity contribution in [2.75, 3.05) is 22.7 Å². The highest BCUT2D eigenvalue weighted by molar-refractivity contribution is 7.92. The van der Waals surface area contributed by atoms with Gasteiger partial charge in [-0.25, -0.2) is 18.0 Å². The quantitative estimate of drug-likeness (QED) is 0.506. The van der Waals surface area contributed by atoms with E-state index in [1.165, 1.54) is 6.07 Å². The number of alkyl halides is 3. The predicted molar refractivity (Wildman–Crippen MR) is 117 cm³/mol. The van der Waals surface area contributed by atoms with Crippen LogP contribution in [0.2, 0.25) is 0 Å². The van der Waals surface area contributed by atoms with Crippen LogP contribution in [0.1, 0.15) is 36.7 Å². The van der Waals surface area contributed by atoms with Gasteiger partial charge in [-0.1, -0.05) is 19.1 Å². The van der Waals surface area contributed by atoms with Gasteiger partial charge < -0.3 is 15.1 Å². The Kier molecular flexibility index (Phi) is 9.71. The Labute approximate surface area is 189 Å². The zero-order valence-electron chi connectivity index (χ0n) is 18.2. The highest BCUT2D eigenvalue weighted by Gasteiger charge is 2.38. The van der Waals surface area contributed by atoms with Crippen molar-refractivity contribution in [2.45, 2.75) is 38.3 Å². The van der Waals surface area contributed by atoms with Crippen molar-refractivity contribution in [3.05, 3.63) is 53.6 Å². The smallest absolute Gasteiger partial charge is 0.478 e. The SMILES string of the molecule is CCc1ccc(S(=O)(=O)Nc2ccc(N(CC)CC)c(C(=O)O)c2)cc1.O=C(O)C(F)(F)F. The van der Waals surface area contributed by atoms with E-state index in [4.69, 9.17) is 9.90 Å². The van der Waals surface area contributed by atoms with Gasteiger partial charge in [-0.05, 0) is 56.2 Å². The molecule has 0 heterocycles. The first kappa shape index (κ1) is 27.8. The molecule has 0 radical (unpaired) electrons. The van der Waals surface area contributed by atoms with Gasteiger partial charge in [0.2, 0.25) is 0 Å². The number of nitrogens with one attached hydrogen (secondary N) is 1. The molecular formula is C21H25F3N2O6S. The molecule has 0 aromatic heterocycles. The molecule has 182 valence electrons. The summed E-state index contributed by atoms with van der Waals surface area (Å²) in [5.41, 5.74) is 1.89. The minimum absolute atomic E-state index is 0.0650. The van der Waals surface area contributed by atoms with E-state index < -0.39 is 28.1 Å². The molecule has 3 N–H and O–H groups in total. The molecule has 0 saturated heterocycles. The van der Waals surface area contributed by atoms with Crippen LogP contribution in [0.3, 0.4) is 0 Å². The molecule has 2 rings (SSSR count). The number of hydrogen-bond acceptors (Lipinski definition) is 5. The highest BCUT2D eigenvalue weighted by Crippen LogP contribution is 2.26. The van der Waals surface area contributed by atoms with Gasteiger partial charge in [0.1, 0.15) is 0 Å². The molecule has 8 nitrogen and oxygen atoms in total. The number of carboxylic acid groups (broad SMARTS) is 2. The zero-order valence-corrected chi connectivity index (χ0v) is 19.0. The normalized spacial score (nSPS) is 11.2. The molecule has 2 aromatic rings. The number of hydrogen-bond donors (Lipinski definition) is 3. The Morgan fingerprint density at radius 3 is 1.88 bits per heavy atom. The minimum atomic E-state index is -5.08. The van der Waals surface area contributed by atoms with Gasteiger partial charge in [0.05, 0.1) is 16.1 Å². The van der Waals surface area contributed by atoms with Crippen molar-refractivity contribution >= 4 is 33.3 Å². The fraction of sp³-hybridized carbons (Fsp3) is 0.333. The molecule has 0 bridgehead atoms. The van der Waals surface area contributed by atoms with Crippen LogP contribution in [0.5, 0.6) is 0 Å². The molecule has 12 heteroatoms. The van der Waals surface area contributed by atoms with Gasteiger partial charge in [-0.2, -0.15) is 13.2 Å². The Bertz CT molecular complexity index is 1070.